The number of alkyl halides is 1. The van der Waals surface area contributed by atoms with Gasteiger partial charge in [-0.3, -0.25) is 4.79 Å². The quantitative estimate of drug-likeness (QED) is 0.837. The van der Waals surface area contributed by atoms with Crippen molar-refractivity contribution >= 4 is 17.5 Å². The van der Waals surface area contributed by atoms with Crippen molar-refractivity contribution in [3.8, 4) is 0 Å². The fraction of sp³-hybridized carbons (Fsp3) is 0.611. The monoisotopic (exact) mass is 321 g/mol. The van der Waals surface area contributed by atoms with Crippen LogP contribution in [0.3, 0.4) is 0 Å². The largest absolute Gasteiger partial charge is 0.351 e. The second-order valence-corrected chi connectivity index (χ2v) is 8.47. The van der Waals surface area contributed by atoms with Gasteiger partial charge in [-0.1, -0.05) is 18.2 Å². The lowest BCUT2D eigenvalue weighted by atomic mass is 9.49. The van der Waals surface area contributed by atoms with Gasteiger partial charge in [-0.05, 0) is 56.4 Å². The molecule has 1 amide bonds. The fourth-order valence-electron chi connectivity index (χ4n) is 5.42. The van der Waals surface area contributed by atoms with Crippen LogP contribution >= 0.6 is 11.6 Å². The Morgan fingerprint density at radius 1 is 1.23 bits per heavy atom. The minimum atomic E-state index is -0.308. The number of halogens is 2. The molecule has 0 heterocycles. The molecule has 118 valence electrons. The Kier molecular flexibility index (Phi) is 3.26. The molecule has 4 saturated carbocycles. The summed E-state index contributed by atoms with van der Waals surface area (Å²) in [6.07, 6.45) is 6.07. The normalized spacial score (nSPS) is 39.0. The van der Waals surface area contributed by atoms with E-state index in [9.17, 15) is 9.18 Å². The lowest BCUT2D eigenvalue weighted by Crippen LogP contribution is -2.58. The topological polar surface area (TPSA) is 29.1 Å². The maximum Gasteiger partial charge on any atom is 0.226 e. The third kappa shape index (κ3) is 2.34. The SMILES string of the molecule is O=C(NCc1ccccc1F)C12C[C@H]3C[C@@H](CC(Cl)(C3)C1)C2. The second kappa shape index (κ2) is 4.95. The predicted octanol–water partition coefficient (Wildman–Crippen LogP) is 4.02. The van der Waals surface area contributed by atoms with Gasteiger partial charge in [0.1, 0.15) is 5.82 Å². The Balaban J connectivity index is 1.50. The number of nitrogens with one attached hydrogen (secondary N) is 1. The number of hydrogen-bond donors (Lipinski definition) is 1. The van der Waals surface area contributed by atoms with Crippen molar-refractivity contribution in [3.05, 3.63) is 35.6 Å². The minimum Gasteiger partial charge on any atom is -0.351 e. The van der Waals surface area contributed by atoms with Crippen molar-refractivity contribution in [2.75, 3.05) is 0 Å². The summed E-state index contributed by atoms with van der Waals surface area (Å²) in [6, 6.07) is 6.61. The summed E-state index contributed by atoms with van der Waals surface area (Å²) in [5, 5.41) is 2.98. The van der Waals surface area contributed by atoms with Crippen molar-refractivity contribution < 1.29 is 9.18 Å². The van der Waals surface area contributed by atoms with Gasteiger partial charge < -0.3 is 5.32 Å². The van der Waals surface area contributed by atoms with E-state index in [4.69, 9.17) is 11.6 Å². The third-order valence-electron chi connectivity index (χ3n) is 5.87. The maximum atomic E-state index is 13.7. The average molecular weight is 322 g/mol. The molecule has 0 aromatic heterocycles. The Hall–Kier alpha value is -1.09. The highest BCUT2D eigenvalue weighted by Gasteiger charge is 2.59. The fourth-order valence-corrected chi connectivity index (χ4v) is 6.11. The molecular formula is C18H21ClFNO. The van der Waals surface area contributed by atoms with E-state index in [2.05, 4.69) is 5.32 Å². The van der Waals surface area contributed by atoms with E-state index < -0.39 is 0 Å². The molecule has 2 atom stereocenters. The molecule has 0 radical (unpaired) electrons. The Bertz CT molecular complexity index is 603. The molecule has 0 spiro atoms. The van der Waals surface area contributed by atoms with Crippen LogP contribution in [-0.4, -0.2) is 10.8 Å². The van der Waals surface area contributed by atoms with Gasteiger partial charge in [-0.2, -0.15) is 0 Å². The van der Waals surface area contributed by atoms with E-state index in [0.717, 1.165) is 32.1 Å². The minimum absolute atomic E-state index is 0.0786. The van der Waals surface area contributed by atoms with Crippen molar-refractivity contribution in [1.29, 1.82) is 0 Å². The summed E-state index contributed by atoms with van der Waals surface area (Å²) >= 11 is 6.77. The first-order chi connectivity index (χ1) is 10.5. The molecule has 4 bridgehead atoms. The van der Waals surface area contributed by atoms with Crippen LogP contribution in [0, 0.1) is 23.1 Å². The van der Waals surface area contributed by atoms with Gasteiger partial charge in [0.2, 0.25) is 5.91 Å². The number of rotatable bonds is 3. The summed E-state index contributed by atoms with van der Waals surface area (Å²) in [5.74, 6) is 1.01. The smallest absolute Gasteiger partial charge is 0.226 e. The first-order valence-corrected chi connectivity index (χ1v) is 8.57. The van der Waals surface area contributed by atoms with E-state index in [-0.39, 0.29) is 28.6 Å². The predicted molar refractivity (Wildman–Crippen MR) is 83.9 cm³/mol. The molecule has 1 aromatic carbocycles. The summed E-state index contributed by atoms with van der Waals surface area (Å²) in [5.41, 5.74) is 0.234. The molecule has 0 unspecified atom stereocenters. The van der Waals surface area contributed by atoms with Crippen LogP contribution in [0.4, 0.5) is 4.39 Å². The number of hydrogen-bond acceptors (Lipinski definition) is 1. The molecule has 4 aliphatic rings. The molecule has 4 fully saturated rings. The van der Waals surface area contributed by atoms with Gasteiger partial charge in [-0.25, -0.2) is 4.39 Å². The van der Waals surface area contributed by atoms with Gasteiger partial charge in [0.15, 0.2) is 0 Å². The van der Waals surface area contributed by atoms with Crippen molar-refractivity contribution in [3.63, 3.8) is 0 Å². The highest BCUT2D eigenvalue weighted by Crippen LogP contribution is 2.63. The Morgan fingerprint density at radius 2 is 1.91 bits per heavy atom. The Morgan fingerprint density at radius 3 is 2.55 bits per heavy atom. The number of amides is 1. The molecule has 5 rings (SSSR count). The molecule has 0 saturated heterocycles. The molecular weight excluding hydrogens is 301 g/mol. The van der Waals surface area contributed by atoms with Crippen molar-refractivity contribution in [1.82, 2.24) is 5.32 Å². The lowest BCUT2D eigenvalue weighted by molar-refractivity contribution is -0.144. The number of carbonyl (C=O) groups is 1. The van der Waals surface area contributed by atoms with E-state index in [1.165, 1.54) is 12.5 Å². The van der Waals surface area contributed by atoms with Crippen molar-refractivity contribution in [2.24, 2.45) is 17.3 Å². The van der Waals surface area contributed by atoms with Crippen LogP contribution in [0.1, 0.15) is 44.1 Å². The van der Waals surface area contributed by atoms with Gasteiger partial charge in [0.25, 0.3) is 0 Å². The van der Waals surface area contributed by atoms with Crippen LogP contribution < -0.4 is 5.32 Å². The average Bonchev–Trinajstić information content (AvgIpc) is 2.43. The zero-order valence-electron chi connectivity index (χ0n) is 12.6. The second-order valence-electron chi connectivity index (χ2n) is 7.67. The molecule has 1 N–H and O–H groups in total. The summed E-state index contributed by atoms with van der Waals surface area (Å²) in [6.45, 7) is 0.262. The van der Waals surface area contributed by atoms with Crippen LogP contribution in [0.25, 0.3) is 0 Å². The third-order valence-corrected chi connectivity index (χ3v) is 6.31. The van der Waals surface area contributed by atoms with E-state index in [1.54, 1.807) is 18.2 Å². The van der Waals surface area contributed by atoms with Gasteiger partial charge >= 0.3 is 0 Å². The van der Waals surface area contributed by atoms with Crippen LogP contribution in [0.5, 0.6) is 0 Å². The van der Waals surface area contributed by atoms with Crippen molar-refractivity contribution in [2.45, 2.75) is 49.9 Å². The number of benzene rings is 1. The van der Waals surface area contributed by atoms with Gasteiger partial charge in [-0.15, -0.1) is 11.6 Å². The van der Waals surface area contributed by atoms with Crippen LogP contribution in [0.15, 0.2) is 24.3 Å². The van der Waals surface area contributed by atoms with E-state index in [0.29, 0.717) is 17.4 Å². The zero-order chi connectivity index (χ0) is 15.4. The summed E-state index contributed by atoms with van der Waals surface area (Å²) < 4.78 is 13.7. The Labute approximate surface area is 135 Å². The molecule has 2 nitrogen and oxygen atoms in total. The summed E-state index contributed by atoms with van der Waals surface area (Å²) in [4.78, 5) is 12.7. The molecule has 0 aliphatic heterocycles. The summed E-state index contributed by atoms with van der Waals surface area (Å²) in [7, 11) is 0. The first kappa shape index (κ1) is 14.5. The molecule has 1 aromatic rings. The zero-order valence-corrected chi connectivity index (χ0v) is 13.3. The molecule has 22 heavy (non-hydrogen) atoms. The van der Waals surface area contributed by atoms with Crippen LogP contribution in [0.2, 0.25) is 0 Å². The molecule has 4 heteroatoms. The van der Waals surface area contributed by atoms with E-state index in [1.807, 2.05) is 0 Å². The van der Waals surface area contributed by atoms with Crippen LogP contribution in [-0.2, 0) is 11.3 Å². The highest BCUT2D eigenvalue weighted by molar-refractivity contribution is 6.24. The standard InChI is InChI=1S/C18H21ClFNO/c19-18-8-12-5-13(9-18)7-17(6-12,11-18)16(22)21-10-14-3-1-2-4-15(14)20/h1-4,12-13H,5-11H2,(H,21,22)/t12-,13-,17?,18?/m1/s1. The van der Waals surface area contributed by atoms with Gasteiger partial charge in [0.05, 0.1) is 5.41 Å². The molecule has 4 aliphatic carbocycles. The lowest BCUT2D eigenvalue weighted by Gasteiger charge is -2.59. The van der Waals surface area contributed by atoms with Gasteiger partial charge in [0, 0.05) is 17.0 Å². The number of carbonyl (C=O) groups excluding carboxylic acids is 1. The van der Waals surface area contributed by atoms with E-state index >= 15 is 0 Å². The highest BCUT2D eigenvalue weighted by atomic mass is 35.5. The maximum absolute atomic E-state index is 13.7. The first-order valence-electron chi connectivity index (χ1n) is 8.19.